The molecule has 0 unspecified atom stereocenters. The maximum absolute atomic E-state index is 14.2. The van der Waals surface area contributed by atoms with Gasteiger partial charge in [-0.1, -0.05) is 103 Å². The molecule has 272 valence electrons. The van der Waals surface area contributed by atoms with E-state index >= 15 is 0 Å². The number of aliphatic hydroxyl groups excluding tert-OH is 1. The zero-order valence-corrected chi connectivity index (χ0v) is 29.2. The number of benzene rings is 4. The molecule has 0 spiro atoms. The van der Waals surface area contributed by atoms with Crippen LogP contribution in [0.15, 0.2) is 127 Å². The summed E-state index contributed by atoms with van der Waals surface area (Å²) in [5.74, 6) is -2.32. The normalized spacial score (nSPS) is 21.9. The molecule has 4 atom stereocenters. The molecule has 2 amide bonds. The summed E-state index contributed by atoms with van der Waals surface area (Å²) in [4.78, 5) is 42.5. The van der Waals surface area contributed by atoms with Gasteiger partial charge in [0.1, 0.15) is 30.1 Å². The molecule has 4 aromatic carbocycles. The number of aromatic hydroxyl groups is 1. The summed E-state index contributed by atoms with van der Waals surface area (Å²) in [6.07, 6.45) is 4.98. The molecule has 3 N–H and O–H groups in total. The Bertz CT molecular complexity index is 1940. The number of aliphatic hydroxyl groups is 1. The molecule has 0 aromatic heterocycles. The summed E-state index contributed by atoms with van der Waals surface area (Å²) in [7, 11) is 0. The second kappa shape index (κ2) is 16.0. The van der Waals surface area contributed by atoms with Gasteiger partial charge in [0.15, 0.2) is 0 Å². The van der Waals surface area contributed by atoms with Gasteiger partial charge in [-0.05, 0) is 54.7 Å². The number of allylic oxidation sites excluding steroid dienone is 1. The molecule has 2 aliphatic heterocycles. The lowest BCUT2D eigenvalue weighted by atomic mass is 9.91. The van der Waals surface area contributed by atoms with E-state index in [1.54, 1.807) is 35.2 Å². The van der Waals surface area contributed by atoms with Gasteiger partial charge in [-0.2, -0.15) is 0 Å². The molecule has 4 aromatic rings. The summed E-state index contributed by atoms with van der Waals surface area (Å²) in [5, 5.41) is 22.0. The lowest BCUT2D eigenvalue weighted by Crippen LogP contribution is -2.49. The van der Waals surface area contributed by atoms with Crippen LogP contribution < -0.4 is 5.32 Å². The Hall–Kier alpha value is -5.55. The van der Waals surface area contributed by atoms with Crippen LogP contribution in [0.1, 0.15) is 51.9 Å². The van der Waals surface area contributed by atoms with Gasteiger partial charge in [-0.25, -0.2) is 4.79 Å². The molecule has 7 rings (SSSR count). The fourth-order valence-electron chi connectivity index (χ4n) is 7.29. The molecule has 0 radical (unpaired) electrons. The Morgan fingerprint density at radius 2 is 1.57 bits per heavy atom. The first kappa shape index (κ1) is 35.8. The van der Waals surface area contributed by atoms with Crippen LogP contribution in [-0.4, -0.2) is 76.9 Å². The van der Waals surface area contributed by atoms with Gasteiger partial charge >= 0.3 is 5.97 Å². The monoisotopic (exact) mass is 714 g/mol. The van der Waals surface area contributed by atoms with Crippen molar-refractivity contribution in [2.24, 2.45) is 0 Å². The molecule has 10 heteroatoms. The van der Waals surface area contributed by atoms with Gasteiger partial charge in [-0.15, -0.1) is 0 Å². The number of carbonyl (C=O) groups excluding carboxylic acids is 3. The van der Waals surface area contributed by atoms with Crippen molar-refractivity contribution in [2.45, 2.75) is 55.8 Å². The third kappa shape index (κ3) is 7.66. The molecular weight excluding hydrogens is 672 g/mol. The number of hydrogen-bond acceptors (Lipinski definition) is 8. The van der Waals surface area contributed by atoms with Crippen LogP contribution in [0, 0.1) is 0 Å². The van der Waals surface area contributed by atoms with Crippen molar-refractivity contribution in [1.82, 2.24) is 10.2 Å². The van der Waals surface area contributed by atoms with E-state index in [4.69, 9.17) is 14.2 Å². The second-order valence-corrected chi connectivity index (χ2v) is 13.4. The fourth-order valence-corrected chi connectivity index (χ4v) is 7.29. The summed E-state index contributed by atoms with van der Waals surface area (Å²) < 4.78 is 19.9. The van der Waals surface area contributed by atoms with Crippen LogP contribution in [0.4, 0.5) is 0 Å². The highest BCUT2D eigenvalue weighted by atomic mass is 16.8. The van der Waals surface area contributed by atoms with Crippen molar-refractivity contribution < 1.29 is 38.8 Å². The minimum absolute atomic E-state index is 0.0589. The lowest BCUT2D eigenvalue weighted by Gasteiger charge is -2.33. The van der Waals surface area contributed by atoms with Crippen molar-refractivity contribution in [1.29, 1.82) is 0 Å². The molecular formula is C43H42N2O8. The molecule has 3 aliphatic rings. The van der Waals surface area contributed by atoms with Crippen molar-refractivity contribution in [3.05, 3.63) is 155 Å². The van der Waals surface area contributed by atoms with E-state index in [-0.39, 0.29) is 37.1 Å². The number of phenolic OH excluding ortho intramolecular Hbond substituents is 1. The lowest BCUT2D eigenvalue weighted by molar-refractivity contribution is -0.157. The smallest absolute Gasteiger partial charge is 0.338 e. The van der Waals surface area contributed by atoms with E-state index in [0.717, 1.165) is 22.3 Å². The fraction of sp³-hybridized carbons (Fsp3) is 0.279. The highest BCUT2D eigenvalue weighted by Crippen LogP contribution is 2.47. The quantitative estimate of drug-likeness (QED) is 0.179. The number of esters is 1. The minimum Gasteiger partial charge on any atom is -0.508 e. The van der Waals surface area contributed by atoms with Crippen molar-refractivity contribution in [3.63, 3.8) is 0 Å². The second-order valence-electron chi connectivity index (χ2n) is 13.4. The van der Waals surface area contributed by atoms with E-state index in [9.17, 15) is 24.6 Å². The number of ether oxygens (including phenoxy) is 3. The number of amides is 2. The predicted molar refractivity (Wildman–Crippen MR) is 197 cm³/mol. The maximum atomic E-state index is 14.2. The Kier molecular flexibility index (Phi) is 10.8. The van der Waals surface area contributed by atoms with Crippen LogP contribution in [0.3, 0.4) is 0 Å². The van der Waals surface area contributed by atoms with Crippen molar-refractivity contribution >= 4 is 23.9 Å². The number of para-hydroxylation sites is 1. The van der Waals surface area contributed by atoms with Crippen LogP contribution in [0.5, 0.6) is 5.75 Å². The molecule has 10 nitrogen and oxygen atoms in total. The van der Waals surface area contributed by atoms with Crippen LogP contribution >= 0.6 is 0 Å². The van der Waals surface area contributed by atoms with E-state index < -0.39 is 36.1 Å². The number of carbonyl (C=O) groups is 3. The van der Waals surface area contributed by atoms with Crippen molar-refractivity contribution in [2.75, 3.05) is 19.7 Å². The predicted octanol–water partition coefficient (Wildman–Crippen LogP) is 5.29. The largest absolute Gasteiger partial charge is 0.508 e. The summed E-state index contributed by atoms with van der Waals surface area (Å²) in [6, 6.07) is 32.6. The van der Waals surface area contributed by atoms with Gasteiger partial charge in [0.05, 0.1) is 12.2 Å². The topological polar surface area (TPSA) is 135 Å². The highest BCUT2D eigenvalue weighted by Gasteiger charge is 2.55. The maximum Gasteiger partial charge on any atom is 0.338 e. The van der Waals surface area contributed by atoms with Crippen molar-refractivity contribution in [3.8, 4) is 5.75 Å². The first-order valence-corrected chi connectivity index (χ1v) is 18.0. The Labute approximate surface area is 308 Å². The van der Waals surface area contributed by atoms with Crippen LogP contribution in [0.2, 0.25) is 0 Å². The van der Waals surface area contributed by atoms with Crippen LogP contribution in [0.25, 0.3) is 6.08 Å². The van der Waals surface area contributed by atoms with E-state index in [0.29, 0.717) is 36.9 Å². The number of nitrogens with one attached hydrogen (secondary N) is 1. The summed E-state index contributed by atoms with van der Waals surface area (Å²) in [6.45, 7) is 0.298. The number of fused-ring (bicyclic) bond motifs is 1. The van der Waals surface area contributed by atoms with Gasteiger partial charge in [-0.3, -0.25) is 9.59 Å². The summed E-state index contributed by atoms with van der Waals surface area (Å²) >= 11 is 0. The Balaban J connectivity index is 1.15. The third-order valence-electron chi connectivity index (χ3n) is 9.94. The first-order valence-electron chi connectivity index (χ1n) is 18.0. The highest BCUT2D eigenvalue weighted by molar-refractivity contribution is 5.98. The van der Waals surface area contributed by atoms with Gasteiger partial charge in [0.25, 0.3) is 0 Å². The molecule has 0 bridgehead atoms. The van der Waals surface area contributed by atoms with E-state index in [2.05, 4.69) is 5.32 Å². The SMILES string of the molecule is O=C(O[C@@H]1CC(C(=O)N2CCC[C@@H]2C(=O)NCCO)=C[C@H]2OC(c3ccccc3)(c3ccccc3)O[C@H]21)c1ccc(C=CCc2ccccc2O)cc1. The number of phenols is 1. The van der Waals surface area contributed by atoms with E-state index in [1.807, 2.05) is 97.1 Å². The Morgan fingerprint density at radius 1 is 0.887 bits per heavy atom. The van der Waals surface area contributed by atoms with Crippen LogP contribution in [-0.2, 0) is 36.0 Å². The molecule has 0 saturated carbocycles. The number of rotatable bonds is 11. The first-order chi connectivity index (χ1) is 25.9. The van der Waals surface area contributed by atoms with Gasteiger partial charge in [0, 0.05) is 36.2 Å². The summed E-state index contributed by atoms with van der Waals surface area (Å²) in [5.41, 5.74) is 3.89. The standard InChI is InChI=1S/C43H42N2O8/c46-26-24-44-40(48)35-18-10-25-45(35)41(49)32-27-37(51-42(50)31-22-20-29(21-23-31)11-9-13-30-12-7-8-19-36(30)47)39-38(28-32)52-43(53-39,33-14-3-1-4-15-33)34-16-5-2-6-17-34/h1-9,11-12,14-17,19-23,28,35,37-39,46-47H,10,13,18,24-27H2,(H,44,48)/t35-,37-,38-,39+/m1/s1. The molecule has 53 heavy (non-hydrogen) atoms. The van der Waals surface area contributed by atoms with Gasteiger partial charge < -0.3 is 34.6 Å². The zero-order chi connectivity index (χ0) is 36.8. The third-order valence-corrected chi connectivity index (χ3v) is 9.94. The molecule has 2 fully saturated rings. The zero-order valence-electron chi connectivity index (χ0n) is 29.2. The number of hydrogen-bond donors (Lipinski definition) is 3. The minimum atomic E-state index is -1.34. The molecule has 2 saturated heterocycles. The average Bonchev–Trinajstić information content (AvgIpc) is 3.85. The number of nitrogens with zero attached hydrogens (tertiary/aromatic N) is 1. The number of likely N-dealkylation sites (tertiary alicyclic amines) is 1. The van der Waals surface area contributed by atoms with E-state index in [1.165, 1.54) is 0 Å². The molecule has 2 heterocycles. The average molecular weight is 715 g/mol. The Morgan fingerprint density at radius 3 is 2.25 bits per heavy atom. The van der Waals surface area contributed by atoms with Gasteiger partial charge in [0.2, 0.25) is 17.6 Å². The molecule has 1 aliphatic carbocycles.